The van der Waals surface area contributed by atoms with Gasteiger partial charge in [-0.1, -0.05) is 30.3 Å². The highest BCUT2D eigenvalue weighted by Gasteiger charge is 2.27. The van der Waals surface area contributed by atoms with Gasteiger partial charge in [-0.2, -0.15) is 4.31 Å². The molecule has 9 heteroatoms. The molecule has 1 amide bonds. The summed E-state index contributed by atoms with van der Waals surface area (Å²) in [5.41, 5.74) is 2.07. The fraction of sp³-hybridized carbons (Fsp3) is 0.190. The summed E-state index contributed by atoms with van der Waals surface area (Å²) in [6.07, 6.45) is 2.83. The molecule has 0 unspecified atom stereocenters. The molecule has 1 aromatic heterocycles. The van der Waals surface area contributed by atoms with Crippen LogP contribution in [0.15, 0.2) is 70.8 Å². The topological polar surface area (TPSA) is 96.6 Å². The van der Waals surface area contributed by atoms with E-state index in [2.05, 4.69) is 10.2 Å². The van der Waals surface area contributed by atoms with Crippen LogP contribution in [0, 0.1) is 0 Å². The average Bonchev–Trinajstić information content (AvgIpc) is 3.33. The van der Waals surface area contributed by atoms with Crippen molar-refractivity contribution in [3.63, 3.8) is 0 Å². The van der Waals surface area contributed by atoms with E-state index in [1.54, 1.807) is 35.2 Å². The number of carbonyl (C=O) groups is 1. The summed E-state index contributed by atoms with van der Waals surface area (Å²) in [5.74, 6) is 0.250. The van der Waals surface area contributed by atoms with Gasteiger partial charge in [-0.25, -0.2) is 8.42 Å². The van der Waals surface area contributed by atoms with Gasteiger partial charge in [0.2, 0.25) is 22.3 Å². The van der Waals surface area contributed by atoms with Gasteiger partial charge in [0.25, 0.3) is 5.91 Å². The Hall–Kier alpha value is -3.30. The maximum absolute atomic E-state index is 12.8. The molecule has 2 aromatic carbocycles. The molecule has 154 valence electrons. The molecule has 1 aliphatic rings. The van der Waals surface area contributed by atoms with Crippen molar-refractivity contribution >= 4 is 22.0 Å². The number of benzene rings is 2. The van der Waals surface area contributed by atoms with Gasteiger partial charge >= 0.3 is 0 Å². The first-order valence-corrected chi connectivity index (χ1v) is 10.9. The lowest BCUT2D eigenvalue weighted by Crippen LogP contribution is -2.50. The van der Waals surface area contributed by atoms with Gasteiger partial charge in [0.05, 0.1) is 0 Å². The molecule has 2 heterocycles. The second-order valence-corrected chi connectivity index (χ2v) is 8.59. The number of sulfonamides is 1. The molecule has 0 bridgehead atoms. The molecule has 0 atom stereocenters. The van der Waals surface area contributed by atoms with Crippen molar-refractivity contribution in [1.29, 1.82) is 0 Å². The van der Waals surface area contributed by atoms with E-state index in [1.165, 1.54) is 16.1 Å². The molecular formula is C21H20N4O4S. The largest absolute Gasteiger partial charge is 0.423 e. The fourth-order valence-electron chi connectivity index (χ4n) is 3.20. The summed E-state index contributed by atoms with van der Waals surface area (Å²) >= 11 is 0. The molecule has 8 nitrogen and oxygen atoms in total. The molecule has 0 radical (unpaired) electrons. The monoisotopic (exact) mass is 424 g/mol. The Morgan fingerprint density at radius 3 is 2.30 bits per heavy atom. The lowest BCUT2D eigenvalue weighted by atomic mass is 10.1. The minimum Gasteiger partial charge on any atom is -0.423 e. The Bertz CT molecular complexity index is 1120. The second kappa shape index (κ2) is 8.60. The van der Waals surface area contributed by atoms with Crippen LogP contribution >= 0.6 is 0 Å². The highest BCUT2D eigenvalue weighted by molar-refractivity contribution is 7.92. The van der Waals surface area contributed by atoms with Gasteiger partial charge in [-0.15, -0.1) is 10.2 Å². The molecule has 0 saturated carbocycles. The van der Waals surface area contributed by atoms with Gasteiger partial charge in [0.15, 0.2) is 0 Å². The number of hydrogen-bond acceptors (Lipinski definition) is 6. The van der Waals surface area contributed by atoms with Crippen molar-refractivity contribution in [3.05, 3.63) is 77.5 Å². The molecule has 0 N–H and O–H groups in total. The smallest absolute Gasteiger partial charge is 0.253 e. The van der Waals surface area contributed by atoms with E-state index in [0.717, 1.165) is 11.1 Å². The number of carbonyl (C=O) groups excluding carboxylic acids is 1. The summed E-state index contributed by atoms with van der Waals surface area (Å²) in [5, 5.41) is 8.69. The van der Waals surface area contributed by atoms with Crippen LogP contribution in [0.4, 0.5) is 0 Å². The first-order chi connectivity index (χ1) is 14.5. The lowest BCUT2D eigenvalue weighted by Gasteiger charge is -2.33. The summed E-state index contributed by atoms with van der Waals surface area (Å²) in [6, 6.07) is 16.2. The zero-order valence-electron chi connectivity index (χ0n) is 16.1. The first kappa shape index (κ1) is 20.0. The number of rotatable bonds is 5. The molecule has 0 spiro atoms. The molecule has 1 aliphatic heterocycles. The van der Waals surface area contributed by atoms with E-state index in [-0.39, 0.29) is 19.0 Å². The quantitative estimate of drug-likeness (QED) is 0.624. The minimum absolute atomic E-state index is 0.135. The van der Waals surface area contributed by atoms with Gasteiger partial charge in [0.1, 0.15) is 0 Å². The second-order valence-electron chi connectivity index (χ2n) is 6.77. The minimum atomic E-state index is -3.53. The Kier molecular flexibility index (Phi) is 5.73. The third-order valence-electron chi connectivity index (χ3n) is 4.86. The number of hydrogen-bond donors (Lipinski definition) is 0. The normalized spacial score (nSPS) is 15.5. The first-order valence-electron chi connectivity index (χ1n) is 9.42. The summed E-state index contributed by atoms with van der Waals surface area (Å²) in [4.78, 5) is 14.4. The molecule has 1 saturated heterocycles. The zero-order valence-corrected chi connectivity index (χ0v) is 16.9. The van der Waals surface area contributed by atoms with Gasteiger partial charge < -0.3 is 9.32 Å². The molecule has 3 aromatic rings. The van der Waals surface area contributed by atoms with Crippen LogP contribution in [0.3, 0.4) is 0 Å². The zero-order chi connectivity index (χ0) is 21.0. The van der Waals surface area contributed by atoms with Crippen LogP contribution in [0.2, 0.25) is 0 Å². The lowest BCUT2D eigenvalue weighted by molar-refractivity contribution is 0.0698. The van der Waals surface area contributed by atoms with E-state index >= 15 is 0 Å². The SMILES string of the molecule is O=C(c1ccc(-c2nnco2)cc1)N1CCN(S(=O)(=O)/C=C/c2ccccc2)CC1. The average molecular weight is 424 g/mol. The Labute approximate surface area is 174 Å². The third-order valence-corrected chi connectivity index (χ3v) is 6.42. The standard InChI is InChI=1S/C21H20N4O4S/c26-21(19-8-6-18(7-9-19)20-23-22-16-29-20)24-11-13-25(14-12-24)30(27,28)15-10-17-4-2-1-3-5-17/h1-10,15-16H,11-14H2/b15-10+. The predicted molar refractivity (Wildman–Crippen MR) is 112 cm³/mol. The Morgan fingerprint density at radius 1 is 0.967 bits per heavy atom. The third kappa shape index (κ3) is 4.47. The number of aromatic nitrogens is 2. The van der Waals surface area contributed by atoms with E-state index in [4.69, 9.17) is 4.42 Å². The van der Waals surface area contributed by atoms with Crippen molar-refractivity contribution < 1.29 is 17.6 Å². The molecular weight excluding hydrogens is 404 g/mol. The molecule has 30 heavy (non-hydrogen) atoms. The molecule has 0 aliphatic carbocycles. The maximum Gasteiger partial charge on any atom is 0.253 e. The number of nitrogens with zero attached hydrogens (tertiary/aromatic N) is 4. The molecule has 1 fully saturated rings. The van der Waals surface area contributed by atoms with Crippen molar-refractivity contribution in [2.45, 2.75) is 0 Å². The van der Waals surface area contributed by atoms with Crippen LogP contribution < -0.4 is 0 Å². The maximum atomic E-state index is 12.8. The van der Waals surface area contributed by atoms with Crippen molar-refractivity contribution in [2.24, 2.45) is 0 Å². The Balaban J connectivity index is 1.37. The highest BCUT2D eigenvalue weighted by Crippen LogP contribution is 2.18. The van der Waals surface area contributed by atoms with E-state index in [1.807, 2.05) is 30.3 Å². The van der Waals surface area contributed by atoms with Crippen LogP contribution in [-0.2, 0) is 10.0 Å². The summed E-state index contributed by atoms with van der Waals surface area (Å²) in [6.45, 7) is 1.19. The predicted octanol–water partition coefficient (Wildman–Crippen LogP) is 2.50. The van der Waals surface area contributed by atoms with Gasteiger partial charge in [0, 0.05) is 42.7 Å². The fourth-order valence-corrected chi connectivity index (χ4v) is 4.37. The van der Waals surface area contributed by atoms with Crippen molar-refractivity contribution in [3.8, 4) is 11.5 Å². The Morgan fingerprint density at radius 2 is 1.67 bits per heavy atom. The van der Waals surface area contributed by atoms with Crippen molar-refractivity contribution in [2.75, 3.05) is 26.2 Å². The van der Waals surface area contributed by atoms with Gasteiger partial charge in [-0.3, -0.25) is 4.79 Å². The number of amides is 1. The van der Waals surface area contributed by atoms with Crippen LogP contribution in [0.5, 0.6) is 0 Å². The van der Waals surface area contributed by atoms with Crippen LogP contribution in [0.25, 0.3) is 17.5 Å². The van der Waals surface area contributed by atoms with E-state index in [9.17, 15) is 13.2 Å². The van der Waals surface area contributed by atoms with Crippen molar-refractivity contribution in [1.82, 2.24) is 19.4 Å². The molecule has 4 rings (SSSR count). The summed E-state index contributed by atoms with van der Waals surface area (Å²) in [7, 11) is -3.53. The summed E-state index contributed by atoms with van der Waals surface area (Å²) < 4.78 is 31.7. The van der Waals surface area contributed by atoms with Crippen LogP contribution in [0.1, 0.15) is 15.9 Å². The van der Waals surface area contributed by atoms with E-state index < -0.39 is 10.0 Å². The van der Waals surface area contributed by atoms with Crippen LogP contribution in [-0.4, -0.2) is 59.9 Å². The number of piperazine rings is 1. The van der Waals surface area contributed by atoms with E-state index in [0.29, 0.717) is 24.5 Å². The highest BCUT2D eigenvalue weighted by atomic mass is 32.2. The van der Waals surface area contributed by atoms with Gasteiger partial charge in [-0.05, 0) is 35.9 Å².